The molecule has 0 amide bonds. The summed E-state index contributed by atoms with van der Waals surface area (Å²) in [4.78, 5) is 11.3. The third kappa shape index (κ3) is 2.05. The highest BCUT2D eigenvalue weighted by Crippen LogP contribution is 2.25. The number of carboxylic acids is 1. The van der Waals surface area contributed by atoms with E-state index in [1.807, 2.05) is 0 Å². The van der Waals surface area contributed by atoms with Crippen molar-refractivity contribution in [3.05, 3.63) is 29.3 Å². The summed E-state index contributed by atoms with van der Waals surface area (Å²) in [6.45, 7) is 0. The first-order chi connectivity index (χ1) is 6.57. The highest BCUT2D eigenvalue weighted by atomic mass is 32.2. The van der Waals surface area contributed by atoms with E-state index in [1.54, 1.807) is 18.4 Å². The number of aromatic carboxylic acids is 1. The van der Waals surface area contributed by atoms with Crippen molar-refractivity contribution < 1.29 is 15.0 Å². The van der Waals surface area contributed by atoms with Crippen LogP contribution in [0.5, 0.6) is 0 Å². The highest BCUT2D eigenvalue weighted by Gasteiger charge is 2.14. The Labute approximate surface area is 90.8 Å². The average molecular weight is 228 g/mol. The van der Waals surface area contributed by atoms with Gasteiger partial charge in [0.05, 0.1) is 5.56 Å². The summed E-state index contributed by atoms with van der Waals surface area (Å²) >= 11 is 5.86. The van der Waals surface area contributed by atoms with E-state index < -0.39 is 5.97 Å². The molecule has 3 nitrogen and oxygen atoms in total. The monoisotopic (exact) mass is 228 g/mol. The molecule has 14 heavy (non-hydrogen) atoms. The topological polar surface area (TPSA) is 57.5 Å². The van der Waals surface area contributed by atoms with Gasteiger partial charge in [0.25, 0.3) is 0 Å². The van der Waals surface area contributed by atoms with Gasteiger partial charge in [-0.25, -0.2) is 4.79 Å². The average Bonchev–Trinajstić information content (AvgIpc) is 2.16. The molecule has 1 aromatic carbocycles. The molecular weight excluding hydrogens is 220 g/mol. The minimum absolute atomic E-state index is 0.159. The lowest BCUT2D eigenvalue weighted by molar-refractivity contribution is 0.0693. The van der Waals surface area contributed by atoms with E-state index in [2.05, 4.69) is 12.2 Å². The standard InChI is InChI=1S/C9H8O3S2/c1-14-7-5(8(10)11)3-2-4-6(7)9(12)13/h2-4H,1H3,(H,10,11)(H,12,13). The Morgan fingerprint density at radius 2 is 1.93 bits per heavy atom. The second-order valence-corrected chi connectivity index (χ2v) is 3.70. The molecule has 0 aromatic heterocycles. The van der Waals surface area contributed by atoms with Gasteiger partial charge in [0.15, 0.2) is 5.05 Å². The molecule has 0 aliphatic rings. The van der Waals surface area contributed by atoms with Crippen molar-refractivity contribution in [1.82, 2.24) is 0 Å². The number of hydrogen-bond donors (Lipinski definition) is 2. The predicted octanol–water partition coefficient (Wildman–Crippen LogP) is 2.34. The number of aliphatic hydroxyl groups is 1. The lowest BCUT2D eigenvalue weighted by Crippen LogP contribution is -2.04. The van der Waals surface area contributed by atoms with Crippen LogP contribution >= 0.6 is 24.0 Å². The summed E-state index contributed by atoms with van der Waals surface area (Å²) < 4.78 is 0. The van der Waals surface area contributed by atoms with Crippen LogP contribution < -0.4 is 0 Å². The minimum Gasteiger partial charge on any atom is -0.498 e. The Morgan fingerprint density at radius 3 is 2.36 bits per heavy atom. The minimum atomic E-state index is -1.02. The Kier molecular flexibility index (Phi) is 3.49. The largest absolute Gasteiger partial charge is 0.498 e. The van der Waals surface area contributed by atoms with Gasteiger partial charge in [-0.15, -0.1) is 11.8 Å². The van der Waals surface area contributed by atoms with Gasteiger partial charge in [-0.05, 0) is 30.6 Å². The van der Waals surface area contributed by atoms with E-state index in [4.69, 9.17) is 10.2 Å². The summed E-state index contributed by atoms with van der Waals surface area (Å²) in [5.74, 6) is -1.02. The maximum absolute atomic E-state index is 10.8. The molecule has 0 atom stereocenters. The molecule has 5 heteroatoms. The van der Waals surface area contributed by atoms with Crippen LogP contribution in [0.2, 0.25) is 0 Å². The number of thioether (sulfide) groups is 1. The maximum atomic E-state index is 10.8. The van der Waals surface area contributed by atoms with Crippen LogP contribution in [0.25, 0.3) is 0 Å². The lowest BCUT2D eigenvalue weighted by atomic mass is 10.1. The van der Waals surface area contributed by atoms with Crippen molar-refractivity contribution in [2.45, 2.75) is 4.90 Å². The molecule has 1 rings (SSSR count). The number of hydrogen-bond acceptors (Lipinski definition) is 3. The van der Waals surface area contributed by atoms with E-state index in [0.29, 0.717) is 10.5 Å². The molecule has 0 bridgehead atoms. The molecule has 0 unspecified atom stereocenters. The van der Waals surface area contributed by atoms with Crippen molar-refractivity contribution in [2.75, 3.05) is 6.26 Å². The second-order valence-electron chi connectivity index (χ2n) is 2.50. The predicted molar refractivity (Wildman–Crippen MR) is 59.5 cm³/mol. The summed E-state index contributed by atoms with van der Waals surface area (Å²) in [6.07, 6.45) is 1.74. The van der Waals surface area contributed by atoms with Gasteiger partial charge >= 0.3 is 5.97 Å². The van der Waals surface area contributed by atoms with Crippen LogP contribution in [0.4, 0.5) is 0 Å². The fourth-order valence-electron chi connectivity index (χ4n) is 1.09. The third-order valence-corrected chi connectivity index (χ3v) is 2.75. The van der Waals surface area contributed by atoms with Crippen molar-refractivity contribution >= 4 is 35.0 Å². The molecule has 0 aliphatic carbocycles. The summed E-state index contributed by atoms with van der Waals surface area (Å²) in [6, 6.07) is 4.64. The number of rotatable bonds is 3. The quantitative estimate of drug-likeness (QED) is 0.614. The first kappa shape index (κ1) is 11.0. The van der Waals surface area contributed by atoms with Gasteiger partial charge in [0, 0.05) is 10.5 Å². The van der Waals surface area contributed by atoms with Crippen molar-refractivity contribution in [3.8, 4) is 0 Å². The van der Waals surface area contributed by atoms with Crippen LogP contribution in [-0.4, -0.2) is 27.5 Å². The zero-order valence-electron chi connectivity index (χ0n) is 7.35. The van der Waals surface area contributed by atoms with E-state index in [1.165, 1.54) is 17.8 Å². The fourth-order valence-corrected chi connectivity index (χ4v) is 2.09. The molecule has 74 valence electrons. The van der Waals surface area contributed by atoms with Gasteiger partial charge in [-0.1, -0.05) is 6.07 Å². The molecular formula is C9H8O3S2. The van der Waals surface area contributed by atoms with Gasteiger partial charge in [-0.2, -0.15) is 0 Å². The molecule has 0 heterocycles. The van der Waals surface area contributed by atoms with Gasteiger partial charge in [0.1, 0.15) is 0 Å². The van der Waals surface area contributed by atoms with Crippen LogP contribution in [0.15, 0.2) is 23.1 Å². The van der Waals surface area contributed by atoms with Crippen molar-refractivity contribution in [1.29, 1.82) is 0 Å². The molecule has 0 saturated heterocycles. The SMILES string of the molecule is CSc1c(C(=O)O)cccc1C(O)=S. The summed E-state index contributed by atoms with van der Waals surface area (Å²) in [5.41, 5.74) is 0.554. The van der Waals surface area contributed by atoms with Crippen LogP contribution in [0, 0.1) is 0 Å². The Balaban J connectivity index is 3.39. The first-order valence-electron chi connectivity index (χ1n) is 3.71. The fraction of sp³-hybridized carbons (Fsp3) is 0.111. The molecule has 1 aromatic rings. The zero-order chi connectivity index (χ0) is 10.7. The zero-order valence-corrected chi connectivity index (χ0v) is 8.98. The number of benzene rings is 1. The number of carboxylic acid groups (broad SMARTS) is 1. The first-order valence-corrected chi connectivity index (χ1v) is 5.34. The highest BCUT2D eigenvalue weighted by molar-refractivity contribution is 7.98. The summed E-state index contributed by atoms with van der Waals surface area (Å²) in [7, 11) is 0. The van der Waals surface area contributed by atoms with E-state index in [9.17, 15) is 4.79 Å². The molecule has 0 saturated carbocycles. The maximum Gasteiger partial charge on any atom is 0.336 e. The summed E-state index contributed by atoms with van der Waals surface area (Å²) in [5, 5.41) is 17.8. The Hall–Kier alpha value is -1.07. The molecule has 0 aliphatic heterocycles. The van der Waals surface area contributed by atoms with Gasteiger partial charge in [0.2, 0.25) is 0 Å². The number of carbonyl (C=O) groups is 1. The van der Waals surface area contributed by atoms with Crippen LogP contribution in [0.3, 0.4) is 0 Å². The van der Waals surface area contributed by atoms with Crippen LogP contribution in [-0.2, 0) is 0 Å². The van der Waals surface area contributed by atoms with E-state index in [0.717, 1.165) is 0 Å². The molecule has 2 N–H and O–H groups in total. The van der Waals surface area contributed by atoms with E-state index in [-0.39, 0.29) is 10.6 Å². The van der Waals surface area contributed by atoms with Crippen molar-refractivity contribution in [2.24, 2.45) is 0 Å². The van der Waals surface area contributed by atoms with Gasteiger partial charge < -0.3 is 10.2 Å². The van der Waals surface area contributed by atoms with Crippen molar-refractivity contribution in [3.63, 3.8) is 0 Å². The number of thiocarbonyl (C=S) groups is 1. The molecule has 0 fully saturated rings. The third-order valence-electron chi connectivity index (χ3n) is 1.68. The number of aliphatic hydroxyl groups excluding tert-OH is 1. The lowest BCUT2D eigenvalue weighted by Gasteiger charge is -2.07. The second kappa shape index (κ2) is 4.43. The Morgan fingerprint density at radius 1 is 1.36 bits per heavy atom. The van der Waals surface area contributed by atoms with E-state index >= 15 is 0 Å². The van der Waals surface area contributed by atoms with Crippen LogP contribution in [0.1, 0.15) is 15.9 Å². The van der Waals surface area contributed by atoms with Gasteiger partial charge in [-0.3, -0.25) is 0 Å². The smallest absolute Gasteiger partial charge is 0.336 e. The normalized spacial score (nSPS) is 9.79. The molecule has 0 spiro atoms. The Bertz CT molecular complexity index is 355. The molecule has 0 radical (unpaired) electrons.